The van der Waals surface area contributed by atoms with Gasteiger partial charge in [0.05, 0.1) is 15.8 Å². The number of ketones is 2. The summed E-state index contributed by atoms with van der Waals surface area (Å²) in [7, 11) is 0. The standard InChI is InChI=1S/C18H17Cl2NO2/c1-10-5-11(6-13(16(10)22)18(2,3)4)9-21-12-7-14(19)17(23)15(20)8-12/h5-9H,1-4H3. The Labute approximate surface area is 145 Å². The summed E-state index contributed by atoms with van der Waals surface area (Å²) in [6.45, 7) is 7.78. The van der Waals surface area contributed by atoms with E-state index in [4.69, 9.17) is 23.2 Å². The van der Waals surface area contributed by atoms with E-state index in [1.54, 1.807) is 19.2 Å². The molecule has 0 radical (unpaired) electrons. The van der Waals surface area contributed by atoms with Crippen molar-refractivity contribution >= 4 is 40.5 Å². The first kappa shape index (κ1) is 17.6. The molecule has 0 atom stereocenters. The maximum absolute atomic E-state index is 12.3. The first-order valence-corrected chi connectivity index (χ1v) is 7.87. The second-order valence-electron chi connectivity index (χ2n) is 6.46. The molecule has 2 aliphatic carbocycles. The molecule has 0 spiro atoms. The van der Waals surface area contributed by atoms with Crippen LogP contribution in [-0.4, -0.2) is 17.3 Å². The number of hydrogen-bond acceptors (Lipinski definition) is 3. The van der Waals surface area contributed by atoms with Gasteiger partial charge in [-0.15, -0.1) is 0 Å². The lowest BCUT2D eigenvalue weighted by atomic mass is 9.78. The van der Waals surface area contributed by atoms with Gasteiger partial charge in [-0.2, -0.15) is 0 Å². The van der Waals surface area contributed by atoms with Gasteiger partial charge in [-0.25, -0.2) is 0 Å². The second kappa shape index (κ2) is 6.42. The lowest BCUT2D eigenvalue weighted by Crippen LogP contribution is -2.21. The van der Waals surface area contributed by atoms with Gasteiger partial charge in [-0.05, 0) is 47.8 Å². The maximum Gasteiger partial charge on any atom is 0.215 e. The minimum Gasteiger partial charge on any atom is -0.289 e. The monoisotopic (exact) mass is 349 g/mol. The lowest BCUT2D eigenvalue weighted by molar-refractivity contribution is -0.113. The third kappa shape index (κ3) is 3.98. The van der Waals surface area contributed by atoms with Gasteiger partial charge in [0.25, 0.3) is 0 Å². The highest BCUT2D eigenvalue weighted by Crippen LogP contribution is 2.32. The van der Waals surface area contributed by atoms with Crippen LogP contribution in [0.3, 0.4) is 0 Å². The molecule has 0 aliphatic heterocycles. The van der Waals surface area contributed by atoms with Crippen LogP contribution in [0.2, 0.25) is 0 Å². The summed E-state index contributed by atoms with van der Waals surface area (Å²) in [5, 5.41) is 0.0669. The Hall–Kier alpha value is -1.71. The molecular formula is C18H17Cl2NO2. The van der Waals surface area contributed by atoms with Crippen LogP contribution in [0.5, 0.6) is 0 Å². The summed E-state index contributed by atoms with van der Waals surface area (Å²) >= 11 is 11.6. The summed E-state index contributed by atoms with van der Waals surface area (Å²) in [4.78, 5) is 28.0. The van der Waals surface area contributed by atoms with Crippen molar-refractivity contribution in [2.45, 2.75) is 27.7 Å². The van der Waals surface area contributed by atoms with Crippen LogP contribution in [0.1, 0.15) is 27.7 Å². The van der Waals surface area contributed by atoms with Gasteiger partial charge in [0.2, 0.25) is 5.78 Å². The van der Waals surface area contributed by atoms with Crippen molar-refractivity contribution < 1.29 is 9.59 Å². The van der Waals surface area contributed by atoms with E-state index in [0.29, 0.717) is 11.3 Å². The Kier molecular flexibility index (Phi) is 4.92. The van der Waals surface area contributed by atoms with Crippen molar-refractivity contribution in [3.63, 3.8) is 0 Å². The SMILES string of the molecule is CC1=CC(=CN=C2C=C(Cl)C(=O)C(Cl)=C2)C=C(C(C)(C)C)C1=O. The molecule has 23 heavy (non-hydrogen) atoms. The van der Waals surface area contributed by atoms with E-state index in [1.165, 1.54) is 12.2 Å². The van der Waals surface area contributed by atoms with Gasteiger partial charge in [0.15, 0.2) is 5.78 Å². The van der Waals surface area contributed by atoms with Crippen molar-refractivity contribution in [3.05, 3.63) is 57.3 Å². The number of allylic oxidation sites excluding steroid dienone is 9. The largest absolute Gasteiger partial charge is 0.289 e. The highest BCUT2D eigenvalue weighted by molar-refractivity contribution is 6.57. The minimum absolute atomic E-state index is 0.0334. The van der Waals surface area contributed by atoms with E-state index in [1.807, 2.05) is 26.8 Å². The Morgan fingerprint density at radius 3 is 2.04 bits per heavy atom. The number of aliphatic imine (C=N–C) groups is 1. The quantitative estimate of drug-likeness (QED) is 0.647. The van der Waals surface area contributed by atoms with Crippen LogP contribution in [-0.2, 0) is 9.59 Å². The zero-order chi connectivity index (χ0) is 17.4. The van der Waals surface area contributed by atoms with Gasteiger partial charge < -0.3 is 0 Å². The van der Waals surface area contributed by atoms with E-state index in [9.17, 15) is 9.59 Å². The number of halogens is 2. The molecule has 0 unspecified atom stereocenters. The van der Waals surface area contributed by atoms with Gasteiger partial charge >= 0.3 is 0 Å². The van der Waals surface area contributed by atoms with E-state index in [0.717, 1.165) is 11.1 Å². The number of rotatable bonds is 1. The number of carbonyl (C=O) groups excluding carboxylic acids is 2. The van der Waals surface area contributed by atoms with Gasteiger partial charge in [-0.3, -0.25) is 14.6 Å². The molecule has 120 valence electrons. The maximum atomic E-state index is 12.3. The summed E-state index contributed by atoms with van der Waals surface area (Å²) in [6, 6.07) is 0. The molecular weight excluding hydrogens is 333 g/mol. The predicted molar refractivity (Wildman–Crippen MR) is 94.7 cm³/mol. The number of Topliss-reactive ketones (excluding diaryl/α,β-unsaturated/α-hetero) is 2. The van der Waals surface area contributed by atoms with Crippen molar-refractivity contribution in [1.29, 1.82) is 0 Å². The summed E-state index contributed by atoms with van der Waals surface area (Å²) < 4.78 is 0. The molecule has 5 heteroatoms. The highest BCUT2D eigenvalue weighted by Gasteiger charge is 2.27. The number of nitrogens with zero attached hydrogens (tertiary/aromatic N) is 1. The molecule has 2 rings (SSSR count). The third-order valence-electron chi connectivity index (χ3n) is 3.45. The van der Waals surface area contributed by atoms with Crippen molar-refractivity contribution in [2.75, 3.05) is 0 Å². The summed E-state index contributed by atoms with van der Waals surface area (Å²) in [6.07, 6.45) is 8.18. The predicted octanol–water partition coefficient (Wildman–Crippen LogP) is 4.64. The first-order valence-electron chi connectivity index (χ1n) is 7.12. The first-order chi connectivity index (χ1) is 10.6. The molecule has 0 aromatic rings. The van der Waals surface area contributed by atoms with Gasteiger partial charge in [0, 0.05) is 11.8 Å². The van der Waals surface area contributed by atoms with Crippen molar-refractivity contribution in [3.8, 4) is 0 Å². The Morgan fingerprint density at radius 1 is 0.957 bits per heavy atom. The van der Waals surface area contributed by atoms with Crippen LogP contribution in [0.4, 0.5) is 0 Å². The van der Waals surface area contributed by atoms with Gasteiger partial charge in [-0.1, -0.05) is 44.0 Å². The Balaban J connectivity index is 2.40. The fourth-order valence-corrected chi connectivity index (χ4v) is 2.68. The second-order valence-corrected chi connectivity index (χ2v) is 7.28. The van der Waals surface area contributed by atoms with E-state index in [-0.39, 0.29) is 21.3 Å². The van der Waals surface area contributed by atoms with E-state index >= 15 is 0 Å². The van der Waals surface area contributed by atoms with Crippen LogP contribution in [0, 0.1) is 5.41 Å². The van der Waals surface area contributed by atoms with Crippen LogP contribution in [0.25, 0.3) is 0 Å². The minimum atomic E-state index is -0.408. The molecule has 2 aliphatic rings. The Morgan fingerprint density at radius 2 is 1.52 bits per heavy atom. The average molecular weight is 350 g/mol. The van der Waals surface area contributed by atoms with Gasteiger partial charge in [0.1, 0.15) is 0 Å². The highest BCUT2D eigenvalue weighted by atomic mass is 35.5. The van der Waals surface area contributed by atoms with Crippen molar-refractivity contribution in [1.82, 2.24) is 0 Å². The fourth-order valence-electron chi connectivity index (χ4n) is 2.20. The number of hydrogen-bond donors (Lipinski definition) is 0. The Bertz CT molecular complexity index is 745. The summed E-state index contributed by atoms with van der Waals surface area (Å²) in [5.41, 5.74) is 2.46. The van der Waals surface area contributed by atoms with Crippen LogP contribution < -0.4 is 0 Å². The smallest absolute Gasteiger partial charge is 0.215 e. The third-order valence-corrected chi connectivity index (χ3v) is 4.01. The fraction of sp³-hybridized carbons (Fsp3) is 0.278. The molecule has 0 amide bonds. The molecule has 0 aromatic carbocycles. The molecule has 0 saturated carbocycles. The molecule has 0 saturated heterocycles. The zero-order valence-electron chi connectivity index (χ0n) is 13.4. The molecule has 0 heterocycles. The summed E-state index contributed by atoms with van der Waals surface area (Å²) in [5.74, 6) is -0.356. The molecule has 0 N–H and O–H groups in total. The molecule has 3 nitrogen and oxygen atoms in total. The van der Waals surface area contributed by atoms with Crippen LogP contribution in [0.15, 0.2) is 62.3 Å². The molecule has 0 bridgehead atoms. The molecule has 0 fully saturated rings. The van der Waals surface area contributed by atoms with Crippen molar-refractivity contribution in [2.24, 2.45) is 10.4 Å². The average Bonchev–Trinajstić information content (AvgIpc) is 2.44. The van der Waals surface area contributed by atoms with E-state index in [2.05, 4.69) is 4.99 Å². The van der Waals surface area contributed by atoms with E-state index < -0.39 is 5.78 Å². The topological polar surface area (TPSA) is 46.5 Å². The zero-order valence-corrected chi connectivity index (χ0v) is 14.9. The molecule has 0 aromatic heterocycles. The lowest BCUT2D eigenvalue weighted by Gasteiger charge is -2.25. The normalized spacial score (nSPS) is 21.0. The number of carbonyl (C=O) groups is 2. The van der Waals surface area contributed by atoms with Crippen LogP contribution >= 0.6 is 23.2 Å².